The molecule has 0 aromatic heterocycles. The van der Waals surface area contributed by atoms with Gasteiger partial charge in [-0.1, -0.05) is 249 Å². The second-order valence-electron chi connectivity index (χ2n) is 20.3. The number of carbonyl (C=O) groups is 1. The summed E-state index contributed by atoms with van der Waals surface area (Å²) >= 11 is 0. The fourth-order valence-electron chi connectivity index (χ4n) is 8.21. The predicted molar refractivity (Wildman–Crippen MR) is 284 cm³/mol. The van der Waals surface area contributed by atoms with Gasteiger partial charge in [-0.15, -0.1) is 0 Å². The van der Waals surface area contributed by atoms with E-state index < -0.39 is 20.0 Å². The Hall–Kier alpha value is -1.54. The van der Waals surface area contributed by atoms with Crippen molar-refractivity contribution in [3.8, 4) is 0 Å². The van der Waals surface area contributed by atoms with Crippen LogP contribution in [0.3, 0.4) is 0 Å². The largest absolute Gasteiger partial charge is 0.756 e. The first-order valence-corrected chi connectivity index (χ1v) is 29.4. The number of nitrogens with zero attached hydrogens (tertiary/aromatic N) is 1. The zero-order valence-electron chi connectivity index (χ0n) is 44.1. The standard InChI is InChI=1S/C57H109N2O6P/c1-6-8-10-12-14-16-18-20-22-24-25-26-27-28-29-30-31-32-33-35-36-38-40-42-44-46-48-50-56(60)55(54-65-66(62,63)64-53-52-59(3,4)5)58-57(61)51-49-47-45-43-41-39-37-34-23-21-19-17-15-13-11-9-7-2/h9,11,15,17,21,23,37,39,55-56,60H,6-8,10,12-14,16,18-20,22,24-36,38,40-54H2,1-5H3,(H-,58,61,62,63)/b11-9-,17-15-,23-21-,39-37-. The molecule has 0 aromatic rings. The summed E-state index contributed by atoms with van der Waals surface area (Å²) in [5, 5.41) is 14.0. The van der Waals surface area contributed by atoms with Gasteiger partial charge in [-0.25, -0.2) is 0 Å². The van der Waals surface area contributed by atoms with Crippen LogP contribution in [-0.2, 0) is 18.4 Å². The molecule has 388 valence electrons. The molecule has 2 N–H and O–H groups in total. The quantitative estimate of drug-likeness (QED) is 0.0272. The SMILES string of the molecule is CC/C=C\C/C=C\C/C=C\C/C=C\CCCCCCC(=O)NC(COP(=O)([O-])OCC[N+](C)(C)C)C(O)CCCCCCCCCCCCCCCCCCCCCCCCCCCCC. The highest BCUT2D eigenvalue weighted by molar-refractivity contribution is 7.45. The Kier molecular flexibility index (Phi) is 47.4. The lowest BCUT2D eigenvalue weighted by molar-refractivity contribution is -0.870. The van der Waals surface area contributed by atoms with Gasteiger partial charge in [0.25, 0.3) is 7.82 Å². The molecule has 9 heteroatoms. The van der Waals surface area contributed by atoms with Gasteiger partial charge in [0.15, 0.2) is 0 Å². The number of aliphatic hydroxyl groups excluding tert-OH is 1. The molecule has 3 atom stereocenters. The number of hydrogen-bond acceptors (Lipinski definition) is 6. The fraction of sp³-hybridized carbons (Fsp3) is 0.842. The minimum absolute atomic E-state index is 0.00571. The maximum atomic E-state index is 12.9. The molecule has 8 nitrogen and oxygen atoms in total. The summed E-state index contributed by atoms with van der Waals surface area (Å²) in [6.07, 6.45) is 62.9. The zero-order chi connectivity index (χ0) is 48.5. The van der Waals surface area contributed by atoms with Crippen LogP contribution in [0.4, 0.5) is 0 Å². The smallest absolute Gasteiger partial charge is 0.268 e. The summed E-state index contributed by atoms with van der Waals surface area (Å²) in [5.74, 6) is -0.187. The van der Waals surface area contributed by atoms with E-state index in [9.17, 15) is 19.4 Å². The third-order valence-electron chi connectivity index (χ3n) is 12.6. The highest BCUT2D eigenvalue weighted by atomic mass is 31.2. The van der Waals surface area contributed by atoms with E-state index >= 15 is 0 Å². The number of carbonyl (C=O) groups excluding carboxylic acids is 1. The van der Waals surface area contributed by atoms with Crippen molar-refractivity contribution in [2.24, 2.45) is 0 Å². The number of quaternary nitrogens is 1. The zero-order valence-corrected chi connectivity index (χ0v) is 45.0. The van der Waals surface area contributed by atoms with Crippen molar-refractivity contribution in [1.29, 1.82) is 0 Å². The number of rotatable bonds is 51. The third kappa shape index (κ3) is 50.3. The molecule has 0 heterocycles. The van der Waals surface area contributed by atoms with Crippen molar-refractivity contribution in [1.82, 2.24) is 5.32 Å². The third-order valence-corrected chi connectivity index (χ3v) is 13.5. The molecule has 0 aliphatic rings. The first-order chi connectivity index (χ1) is 32.0. The molecule has 0 radical (unpaired) electrons. The monoisotopic (exact) mass is 949 g/mol. The molecule has 0 spiro atoms. The number of hydrogen-bond donors (Lipinski definition) is 2. The van der Waals surface area contributed by atoms with Crippen molar-refractivity contribution in [3.05, 3.63) is 48.6 Å². The molecule has 0 saturated carbocycles. The maximum Gasteiger partial charge on any atom is 0.268 e. The van der Waals surface area contributed by atoms with Crippen molar-refractivity contribution in [2.75, 3.05) is 40.9 Å². The van der Waals surface area contributed by atoms with E-state index in [2.05, 4.69) is 67.8 Å². The first-order valence-electron chi connectivity index (χ1n) is 28.0. The minimum Gasteiger partial charge on any atom is -0.756 e. The van der Waals surface area contributed by atoms with Gasteiger partial charge in [0.2, 0.25) is 5.91 Å². The molecular weight excluding hydrogens is 840 g/mol. The van der Waals surface area contributed by atoms with E-state index in [0.717, 1.165) is 77.0 Å². The normalized spacial score (nSPS) is 14.3. The van der Waals surface area contributed by atoms with Crippen molar-refractivity contribution in [2.45, 2.75) is 270 Å². The minimum atomic E-state index is -4.58. The van der Waals surface area contributed by atoms with Gasteiger partial charge in [-0.2, -0.15) is 0 Å². The van der Waals surface area contributed by atoms with Crippen LogP contribution in [0.1, 0.15) is 258 Å². The molecular formula is C57H109N2O6P. The number of allylic oxidation sites excluding steroid dienone is 8. The summed E-state index contributed by atoms with van der Waals surface area (Å²) in [4.78, 5) is 25.5. The molecule has 0 saturated heterocycles. The molecule has 0 rings (SSSR count). The van der Waals surface area contributed by atoms with Crippen LogP contribution in [0.25, 0.3) is 0 Å². The van der Waals surface area contributed by atoms with E-state index in [1.807, 2.05) is 21.1 Å². The van der Waals surface area contributed by atoms with Crippen molar-refractivity contribution in [3.63, 3.8) is 0 Å². The second-order valence-corrected chi connectivity index (χ2v) is 21.7. The number of amides is 1. The van der Waals surface area contributed by atoms with Gasteiger partial charge in [-0.05, 0) is 51.4 Å². The van der Waals surface area contributed by atoms with Gasteiger partial charge in [0.05, 0.1) is 39.9 Å². The van der Waals surface area contributed by atoms with E-state index in [1.54, 1.807) is 0 Å². The van der Waals surface area contributed by atoms with Crippen LogP contribution >= 0.6 is 7.82 Å². The number of nitrogens with one attached hydrogen (secondary N) is 1. The van der Waals surface area contributed by atoms with Crippen molar-refractivity contribution >= 4 is 13.7 Å². The van der Waals surface area contributed by atoms with Gasteiger partial charge in [0.1, 0.15) is 13.2 Å². The average molecular weight is 949 g/mol. The number of likely N-dealkylation sites (N-methyl/N-ethyl adjacent to an activating group) is 1. The Morgan fingerprint density at radius 1 is 0.545 bits per heavy atom. The fourth-order valence-corrected chi connectivity index (χ4v) is 8.93. The summed E-state index contributed by atoms with van der Waals surface area (Å²) in [5.41, 5.74) is 0. The average Bonchev–Trinajstić information content (AvgIpc) is 3.28. The van der Waals surface area contributed by atoms with Crippen LogP contribution in [-0.4, -0.2) is 68.5 Å². The van der Waals surface area contributed by atoms with Crippen LogP contribution in [0, 0.1) is 0 Å². The molecule has 66 heavy (non-hydrogen) atoms. The Labute approximate surface area is 409 Å². The molecule has 0 bridgehead atoms. The van der Waals surface area contributed by atoms with Crippen LogP contribution in [0.2, 0.25) is 0 Å². The molecule has 1 amide bonds. The molecule has 0 aliphatic carbocycles. The van der Waals surface area contributed by atoms with Gasteiger partial charge in [-0.3, -0.25) is 9.36 Å². The lowest BCUT2D eigenvalue weighted by Crippen LogP contribution is -2.46. The highest BCUT2D eigenvalue weighted by Crippen LogP contribution is 2.38. The summed E-state index contributed by atoms with van der Waals surface area (Å²) in [6, 6.07) is -0.816. The Morgan fingerprint density at radius 2 is 0.924 bits per heavy atom. The van der Waals surface area contributed by atoms with E-state index in [-0.39, 0.29) is 19.1 Å². The topological polar surface area (TPSA) is 108 Å². The van der Waals surface area contributed by atoms with E-state index in [1.165, 1.54) is 154 Å². The summed E-state index contributed by atoms with van der Waals surface area (Å²) in [7, 11) is 1.29. The van der Waals surface area contributed by atoms with Gasteiger partial charge >= 0.3 is 0 Å². The lowest BCUT2D eigenvalue weighted by atomic mass is 10.0. The van der Waals surface area contributed by atoms with Gasteiger partial charge in [0, 0.05) is 6.42 Å². The number of unbranched alkanes of at least 4 members (excludes halogenated alkanes) is 30. The van der Waals surface area contributed by atoms with Crippen LogP contribution in [0.15, 0.2) is 48.6 Å². The summed E-state index contributed by atoms with van der Waals surface area (Å²) < 4.78 is 23.4. The number of phosphoric ester groups is 1. The molecule has 0 fully saturated rings. The highest BCUT2D eigenvalue weighted by Gasteiger charge is 2.24. The molecule has 0 aromatic carbocycles. The maximum absolute atomic E-state index is 12.9. The lowest BCUT2D eigenvalue weighted by Gasteiger charge is -2.30. The van der Waals surface area contributed by atoms with Crippen molar-refractivity contribution < 1.29 is 32.9 Å². The Balaban J connectivity index is 4.16. The van der Waals surface area contributed by atoms with E-state index in [4.69, 9.17) is 9.05 Å². The number of phosphoric acid groups is 1. The predicted octanol–water partition coefficient (Wildman–Crippen LogP) is 16.1. The summed E-state index contributed by atoms with van der Waals surface area (Å²) in [6.45, 7) is 4.61. The second kappa shape index (κ2) is 48.5. The van der Waals surface area contributed by atoms with Gasteiger partial charge < -0.3 is 28.8 Å². The Morgan fingerprint density at radius 3 is 1.35 bits per heavy atom. The Bertz CT molecular complexity index is 1210. The van der Waals surface area contributed by atoms with Crippen LogP contribution in [0.5, 0.6) is 0 Å². The molecule has 0 aliphatic heterocycles. The first kappa shape index (κ1) is 64.5. The number of aliphatic hydroxyl groups is 1. The van der Waals surface area contributed by atoms with E-state index in [0.29, 0.717) is 23.9 Å². The molecule has 3 unspecified atom stereocenters. The van der Waals surface area contributed by atoms with Crippen LogP contribution < -0.4 is 10.2 Å².